The number of nitriles is 1. The zero-order chi connectivity index (χ0) is 12.3. The van der Waals surface area contributed by atoms with Crippen LogP contribution in [0.2, 0.25) is 0 Å². The number of anilines is 2. The molecule has 0 aliphatic rings. The topological polar surface area (TPSA) is 35.8 Å². The normalized spacial score (nSPS) is 9.71. The van der Waals surface area contributed by atoms with Crippen LogP contribution >= 0.6 is 22.6 Å². The van der Waals surface area contributed by atoms with Gasteiger partial charge in [0.2, 0.25) is 0 Å². The molecule has 1 N–H and O–H groups in total. The van der Waals surface area contributed by atoms with Gasteiger partial charge in [0.15, 0.2) is 0 Å². The van der Waals surface area contributed by atoms with Gasteiger partial charge in [0, 0.05) is 9.26 Å². The molecule has 17 heavy (non-hydrogen) atoms. The summed E-state index contributed by atoms with van der Waals surface area (Å²) in [5.74, 6) is -0.428. The van der Waals surface area contributed by atoms with Gasteiger partial charge in [-0.05, 0) is 59.0 Å². The van der Waals surface area contributed by atoms with Crippen LogP contribution in [0.1, 0.15) is 5.56 Å². The maximum absolute atomic E-state index is 13.6. The largest absolute Gasteiger partial charge is 0.353 e. The van der Waals surface area contributed by atoms with Crippen molar-refractivity contribution in [2.45, 2.75) is 0 Å². The van der Waals surface area contributed by atoms with E-state index in [0.717, 1.165) is 9.26 Å². The van der Waals surface area contributed by atoms with Gasteiger partial charge < -0.3 is 5.32 Å². The molecule has 0 aromatic heterocycles. The van der Waals surface area contributed by atoms with Crippen molar-refractivity contribution in [1.29, 1.82) is 5.26 Å². The smallest absolute Gasteiger partial charge is 0.147 e. The molecular weight excluding hydrogens is 330 g/mol. The van der Waals surface area contributed by atoms with E-state index in [1.54, 1.807) is 12.1 Å². The molecule has 0 heterocycles. The van der Waals surface area contributed by atoms with Gasteiger partial charge in [-0.3, -0.25) is 0 Å². The molecule has 0 spiro atoms. The fourth-order valence-corrected chi connectivity index (χ4v) is 1.95. The zero-order valence-electron chi connectivity index (χ0n) is 8.74. The molecule has 0 radical (unpaired) electrons. The van der Waals surface area contributed by atoms with E-state index < -0.39 is 5.82 Å². The van der Waals surface area contributed by atoms with E-state index in [2.05, 4.69) is 27.9 Å². The van der Waals surface area contributed by atoms with Crippen LogP contribution in [0.5, 0.6) is 0 Å². The molecule has 2 aromatic carbocycles. The van der Waals surface area contributed by atoms with Crippen LogP contribution in [0.25, 0.3) is 0 Å². The Balaban J connectivity index is 2.28. The van der Waals surface area contributed by atoms with Gasteiger partial charge in [0.05, 0.1) is 17.3 Å². The van der Waals surface area contributed by atoms with Gasteiger partial charge >= 0.3 is 0 Å². The van der Waals surface area contributed by atoms with Crippen LogP contribution in [0.4, 0.5) is 15.8 Å². The third kappa shape index (κ3) is 2.94. The average Bonchev–Trinajstić information content (AvgIpc) is 2.32. The maximum Gasteiger partial charge on any atom is 0.147 e. The molecule has 2 nitrogen and oxygen atoms in total. The van der Waals surface area contributed by atoms with Crippen molar-refractivity contribution in [3.63, 3.8) is 0 Å². The van der Waals surface area contributed by atoms with Gasteiger partial charge in [0.25, 0.3) is 0 Å². The molecule has 0 fully saturated rings. The summed E-state index contributed by atoms with van der Waals surface area (Å²) >= 11 is 2.19. The highest BCUT2D eigenvalue weighted by Gasteiger charge is 2.03. The van der Waals surface area contributed by atoms with Gasteiger partial charge in [0.1, 0.15) is 5.82 Å². The lowest BCUT2D eigenvalue weighted by Crippen LogP contribution is -1.94. The number of nitrogens with one attached hydrogen (secondary N) is 1. The first kappa shape index (κ1) is 11.9. The molecule has 2 aromatic rings. The molecule has 0 saturated carbocycles. The summed E-state index contributed by atoms with van der Waals surface area (Å²) < 4.78 is 14.7. The Labute approximate surface area is 112 Å². The number of nitrogens with zero attached hydrogens (tertiary/aromatic N) is 1. The van der Waals surface area contributed by atoms with Crippen LogP contribution in [0.3, 0.4) is 0 Å². The van der Waals surface area contributed by atoms with Crippen molar-refractivity contribution in [2.24, 2.45) is 0 Å². The first-order valence-corrected chi connectivity index (χ1v) is 5.99. The predicted molar refractivity (Wildman–Crippen MR) is 73.6 cm³/mol. The molecule has 0 aliphatic heterocycles. The fraction of sp³-hybridized carbons (Fsp3) is 0. The molecule has 0 amide bonds. The summed E-state index contributed by atoms with van der Waals surface area (Å²) in [4.78, 5) is 0. The van der Waals surface area contributed by atoms with Gasteiger partial charge in [-0.2, -0.15) is 5.26 Å². The van der Waals surface area contributed by atoms with Crippen LogP contribution < -0.4 is 5.32 Å². The Bertz CT molecular complexity index is 590. The minimum Gasteiger partial charge on any atom is -0.353 e. The number of rotatable bonds is 2. The Morgan fingerprint density at radius 3 is 2.65 bits per heavy atom. The Hall–Kier alpha value is -1.61. The summed E-state index contributed by atoms with van der Waals surface area (Å²) in [7, 11) is 0. The van der Waals surface area contributed by atoms with Crippen molar-refractivity contribution < 1.29 is 4.39 Å². The molecule has 0 bridgehead atoms. The van der Waals surface area contributed by atoms with E-state index in [1.165, 1.54) is 6.07 Å². The predicted octanol–water partition coefficient (Wildman–Crippen LogP) is 4.05. The first-order chi connectivity index (χ1) is 8.19. The summed E-state index contributed by atoms with van der Waals surface area (Å²) in [6, 6.07) is 13.9. The molecular formula is C13H8FIN2. The third-order valence-electron chi connectivity index (χ3n) is 2.20. The lowest BCUT2D eigenvalue weighted by Gasteiger charge is -2.07. The lowest BCUT2D eigenvalue weighted by molar-refractivity contribution is 0.631. The van der Waals surface area contributed by atoms with E-state index in [1.807, 2.05) is 30.3 Å². The highest BCUT2D eigenvalue weighted by molar-refractivity contribution is 14.1. The van der Waals surface area contributed by atoms with Crippen molar-refractivity contribution in [1.82, 2.24) is 0 Å². The molecule has 0 unspecified atom stereocenters. The minimum absolute atomic E-state index is 0.315. The fourth-order valence-electron chi connectivity index (χ4n) is 1.41. The molecule has 0 atom stereocenters. The number of halogens is 2. The quantitative estimate of drug-likeness (QED) is 0.839. The summed E-state index contributed by atoms with van der Waals surface area (Å²) in [6.07, 6.45) is 0. The van der Waals surface area contributed by atoms with Crippen LogP contribution in [-0.2, 0) is 0 Å². The number of hydrogen-bond donors (Lipinski definition) is 1. The van der Waals surface area contributed by atoms with E-state index in [4.69, 9.17) is 5.26 Å². The summed E-state index contributed by atoms with van der Waals surface area (Å²) in [5, 5.41) is 11.6. The molecule has 84 valence electrons. The van der Waals surface area contributed by atoms with Crippen LogP contribution in [0.15, 0.2) is 42.5 Å². The van der Waals surface area contributed by atoms with E-state index in [-0.39, 0.29) is 0 Å². The Morgan fingerprint density at radius 1 is 1.18 bits per heavy atom. The van der Waals surface area contributed by atoms with Crippen molar-refractivity contribution in [3.05, 3.63) is 57.4 Å². The molecule has 0 aliphatic carbocycles. The van der Waals surface area contributed by atoms with Gasteiger partial charge in [-0.25, -0.2) is 4.39 Å². The monoisotopic (exact) mass is 338 g/mol. The Kier molecular flexibility index (Phi) is 3.59. The van der Waals surface area contributed by atoms with Crippen molar-refractivity contribution >= 4 is 34.0 Å². The minimum atomic E-state index is -0.428. The molecule has 0 saturated heterocycles. The Morgan fingerprint density at radius 2 is 2.00 bits per heavy atom. The van der Waals surface area contributed by atoms with E-state index in [0.29, 0.717) is 11.3 Å². The standard InChI is InChI=1S/C13H8FIN2/c14-12-6-9(8-16)4-5-13(12)17-11-3-1-2-10(15)7-11/h1-7,17H. The third-order valence-corrected chi connectivity index (χ3v) is 2.87. The number of hydrogen-bond acceptors (Lipinski definition) is 2. The van der Waals surface area contributed by atoms with Gasteiger partial charge in [-0.1, -0.05) is 6.07 Å². The highest BCUT2D eigenvalue weighted by atomic mass is 127. The van der Waals surface area contributed by atoms with Crippen LogP contribution in [-0.4, -0.2) is 0 Å². The van der Waals surface area contributed by atoms with Gasteiger partial charge in [-0.15, -0.1) is 0 Å². The molecule has 4 heteroatoms. The van der Waals surface area contributed by atoms with E-state index in [9.17, 15) is 4.39 Å². The van der Waals surface area contributed by atoms with Crippen molar-refractivity contribution in [2.75, 3.05) is 5.32 Å². The lowest BCUT2D eigenvalue weighted by atomic mass is 10.2. The second-order valence-electron chi connectivity index (χ2n) is 3.44. The maximum atomic E-state index is 13.6. The number of benzene rings is 2. The summed E-state index contributed by atoms with van der Waals surface area (Å²) in [5.41, 5.74) is 1.50. The van der Waals surface area contributed by atoms with E-state index >= 15 is 0 Å². The highest BCUT2D eigenvalue weighted by Crippen LogP contribution is 2.21. The first-order valence-electron chi connectivity index (χ1n) is 4.91. The SMILES string of the molecule is N#Cc1ccc(Nc2cccc(I)c2)c(F)c1. The molecule has 2 rings (SSSR count). The zero-order valence-corrected chi connectivity index (χ0v) is 10.9. The van der Waals surface area contributed by atoms with Crippen LogP contribution in [0, 0.1) is 20.7 Å². The summed E-state index contributed by atoms with van der Waals surface area (Å²) in [6.45, 7) is 0. The van der Waals surface area contributed by atoms with Crippen molar-refractivity contribution in [3.8, 4) is 6.07 Å². The average molecular weight is 338 g/mol. The second-order valence-corrected chi connectivity index (χ2v) is 4.69. The second kappa shape index (κ2) is 5.15.